The van der Waals surface area contributed by atoms with Crippen LogP contribution in [0.2, 0.25) is 0 Å². The lowest BCUT2D eigenvalue weighted by Crippen LogP contribution is -2.42. The monoisotopic (exact) mass is 286 g/mol. The molecule has 2 heterocycles. The SMILES string of the molecule is O=C(N[C@H]1COC[C@@H]1O)c1ccc(Br)cn1. The van der Waals surface area contributed by atoms with Crippen molar-refractivity contribution in [3.63, 3.8) is 0 Å². The Bertz CT molecular complexity index is 382. The van der Waals surface area contributed by atoms with Crippen LogP contribution in [0, 0.1) is 0 Å². The van der Waals surface area contributed by atoms with Crippen molar-refractivity contribution < 1.29 is 14.6 Å². The van der Waals surface area contributed by atoms with E-state index in [0.717, 1.165) is 4.47 Å². The highest BCUT2D eigenvalue weighted by Crippen LogP contribution is 2.09. The average molecular weight is 287 g/mol. The van der Waals surface area contributed by atoms with Gasteiger partial charge in [-0.25, -0.2) is 4.98 Å². The molecule has 1 amide bonds. The first kappa shape index (κ1) is 11.5. The van der Waals surface area contributed by atoms with Crippen molar-refractivity contribution in [3.8, 4) is 0 Å². The Morgan fingerprint density at radius 1 is 1.56 bits per heavy atom. The predicted octanol–water partition coefficient (Wildman–Crippen LogP) is 0.334. The lowest BCUT2D eigenvalue weighted by molar-refractivity contribution is 0.0881. The quantitative estimate of drug-likeness (QED) is 0.822. The fourth-order valence-electron chi connectivity index (χ4n) is 1.43. The summed E-state index contributed by atoms with van der Waals surface area (Å²) in [5.41, 5.74) is 0.322. The molecule has 2 N–H and O–H groups in total. The van der Waals surface area contributed by atoms with E-state index in [1.807, 2.05) is 0 Å². The number of hydrogen-bond acceptors (Lipinski definition) is 4. The van der Waals surface area contributed by atoms with Crippen molar-refractivity contribution in [1.82, 2.24) is 10.3 Å². The molecule has 0 saturated carbocycles. The van der Waals surface area contributed by atoms with E-state index in [2.05, 4.69) is 26.2 Å². The van der Waals surface area contributed by atoms with Gasteiger partial charge in [0.25, 0.3) is 5.91 Å². The van der Waals surface area contributed by atoms with Crippen LogP contribution in [0.1, 0.15) is 10.5 Å². The van der Waals surface area contributed by atoms with E-state index in [-0.39, 0.29) is 18.6 Å². The van der Waals surface area contributed by atoms with Crippen LogP contribution in [-0.2, 0) is 4.74 Å². The Hall–Kier alpha value is -0.980. The van der Waals surface area contributed by atoms with Crippen LogP contribution in [0.25, 0.3) is 0 Å². The summed E-state index contributed by atoms with van der Waals surface area (Å²) in [6.07, 6.45) is 0.913. The van der Waals surface area contributed by atoms with Crippen molar-refractivity contribution in [1.29, 1.82) is 0 Å². The number of aliphatic hydroxyl groups is 1. The predicted molar refractivity (Wildman–Crippen MR) is 60.0 cm³/mol. The first-order valence-electron chi connectivity index (χ1n) is 4.85. The topological polar surface area (TPSA) is 71.5 Å². The first-order chi connectivity index (χ1) is 7.66. The number of carbonyl (C=O) groups is 1. The standard InChI is InChI=1S/C10H11BrN2O3/c11-6-1-2-7(12-3-6)10(15)13-8-4-16-5-9(8)14/h1-3,8-9,14H,4-5H2,(H,13,15)/t8-,9-/m0/s1. The first-order valence-corrected chi connectivity index (χ1v) is 5.64. The molecule has 6 heteroatoms. The second-order valence-corrected chi connectivity index (χ2v) is 4.46. The van der Waals surface area contributed by atoms with Gasteiger partial charge in [0.05, 0.1) is 25.4 Å². The molecule has 1 aliphatic heterocycles. The molecule has 2 atom stereocenters. The minimum Gasteiger partial charge on any atom is -0.388 e. The van der Waals surface area contributed by atoms with E-state index in [0.29, 0.717) is 12.3 Å². The van der Waals surface area contributed by atoms with Crippen molar-refractivity contribution in [2.45, 2.75) is 12.1 Å². The summed E-state index contributed by atoms with van der Waals surface area (Å²) >= 11 is 3.24. The summed E-state index contributed by atoms with van der Waals surface area (Å²) in [6, 6.07) is 3.00. The van der Waals surface area contributed by atoms with Gasteiger partial charge in [-0.05, 0) is 28.1 Å². The Labute approximate surface area is 101 Å². The number of halogens is 1. The van der Waals surface area contributed by atoms with Crippen LogP contribution in [0.3, 0.4) is 0 Å². The van der Waals surface area contributed by atoms with E-state index in [1.54, 1.807) is 18.3 Å². The van der Waals surface area contributed by atoms with Crippen LogP contribution in [-0.4, -0.2) is 41.4 Å². The van der Waals surface area contributed by atoms with E-state index < -0.39 is 6.10 Å². The number of amides is 1. The summed E-state index contributed by atoms with van der Waals surface area (Å²) in [5, 5.41) is 12.1. The zero-order chi connectivity index (χ0) is 11.5. The van der Waals surface area contributed by atoms with Gasteiger partial charge < -0.3 is 15.2 Å². The molecule has 86 valence electrons. The van der Waals surface area contributed by atoms with Crippen molar-refractivity contribution >= 4 is 21.8 Å². The van der Waals surface area contributed by atoms with E-state index in [9.17, 15) is 9.90 Å². The highest BCUT2D eigenvalue weighted by Gasteiger charge is 2.28. The van der Waals surface area contributed by atoms with Crippen LogP contribution in [0.5, 0.6) is 0 Å². The maximum absolute atomic E-state index is 11.7. The second-order valence-electron chi connectivity index (χ2n) is 3.55. The maximum atomic E-state index is 11.7. The molecule has 0 aromatic carbocycles. The van der Waals surface area contributed by atoms with Gasteiger partial charge in [-0.15, -0.1) is 0 Å². The Morgan fingerprint density at radius 3 is 2.94 bits per heavy atom. The molecule has 0 aliphatic carbocycles. The normalized spacial score (nSPS) is 24.4. The Balaban J connectivity index is 2.00. The van der Waals surface area contributed by atoms with Crippen LogP contribution >= 0.6 is 15.9 Å². The van der Waals surface area contributed by atoms with Crippen LogP contribution in [0.4, 0.5) is 0 Å². The van der Waals surface area contributed by atoms with Crippen molar-refractivity contribution in [2.24, 2.45) is 0 Å². The van der Waals surface area contributed by atoms with E-state index >= 15 is 0 Å². The van der Waals surface area contributed by atoms with Crippen molar-refractivity contribution in [2.75, 3.05) is 13.2 Å². The molecule has 0 bridgehead atoms. The third-order valence-corrected chi connectivity index (χ3v) is 2.80. The molecule has 0 spiro atoms. The molecule has 1 saturated heterocycles. The van der Waals surface area contributed by atoms with Gasteiger partial charge in [0.1, 0.15) is 5.69 Å². The summed E-state index contributed by atoms with van der Waals surface area (Å²) in [5.74, 6) is -0.304. The molecule has 16 heavy (non-hydrogen) atoms. The molecule has 1 aliphatic rings. The van der Waals surface area contributed by atoms with Gasteiger partial charge in [0.15, 0.2) is 0 Å². The molecular formula is C10H11BrN2O3. The number of ether oxygens (including phenoxy) is 1. The van der Waals surface area contributed by atoms with Gasteiger partial charge in [-0.2, -0.15) is 0 Å². The second kappa shape index (κ2) is 4.90. The number of rotatable bonds is 2. The molecule has 2 rings (SSSR count). The fraction of sp³-hybridized carbons (Fsp3) is 0.400. The summed E-state index contributed by atoms with van der Waals surface area (Å²) in [4.78, 5) is 15.7. The molecule has 1 aromatic heterocycles. The van der Waals surface area contributed by atoms with Gasteiger partial charge in [-0.1, -0.05) is 0 Å². The molecule has 0 radical (unpaired) electrons. The van der Waals surface area contributed by atoms with Gasteiger partial charge in [-0.3, -0.25) is 4.79 Å². The molecular weight excluding hydrogens is 276 g/mol. The largest absolute Gasteiger partial charge is 0.388 e. The highest BCUT2D eigenvalue weighted by atomic mass is 79.9. The smallest absolute Gasteiger partial charge is 0.270 e. The van der Waals surface area contributed by atoms with E-state index in [4.69, 9.17) is 4.74 Å². The fourth-order valence-corrected chi connectivity index (χ4v) is 1.67. The lowest BCUT2D eigenvalue weighted by atomic mass is 10.2. The molecule has 5 nitrogen and oxygen atoms in total. The summed E-state index contributed by atoms with van der Waals surface area (Å²) < 4.78 is 5.85. The molecule has 1 fully saturated rings. The maximum Gasteiger partial charge on any atom is 0.270 e. The van der Waals surface area contributed by atoms with Gasteiger partial charge in [0.2, 0.25) is 0 Å². The average Bonchev–Trinajstić information content (AvgIpc) is 2.65. The lowest BCUT2D eigenvalue weighted by Gasteiger charge is -2.13. The minimum absolute atomic E-state index is 0.263. The Morgan fingerprint density at radius 2 is 2.38 bits per heavy atom. The number of carbonyl (C=O) groups excluding carboxylic acids is 1. The number of hydrogen-bond donors (Lipinski definition) is 2. The molecule has 1 aromatic rings. The zero-order valence-electron chi connectivity index (χ0n) is 8.39. The number of aliphatic hydroxyl groups excluding tert-OH is 1. The van der Waals surface area contributed by atoms with Crippen LogP contribution in [0.15, 0.2) is 22.8 Å². The van der Waals surface area contributed by atoms with Gasteiger partial charge >= 0.3 is 0 Å². The Kier molecular flexibility index (Phi) is 3.52. The number of nitrogens with zero attached hydrogens (tertiary/aromatic N) is 1. The number of pyridine rings is 1. The number of aromatic nitrogens is 1. The minimum atomic E-state index is -0.639. The summed E-state index contributed by atoms with van der Waals surface area (Å²) in [6.45, 7) is 0.599. The zero-order valence-corrected chi connectivity index (χ0v) is 9.98. The highest BCUT2D eigenvalue weighted by molar-refractivity contribution is 9.10. The third-order valence-electron chi connectivity index (χ3n) is 2.33. The molecule has 0 unspecified atom stereocenters. The van der Waals surface area contributed by atoms with Crippen LogP contribution < -0.4 is 5.32 Å². The third kappa shape index (κ3) is 2.58. The number of nitrogens with one attached hydrogen (secondary N) is 1. The van der Waals surface area contributed by atoms with E-state index in [1.165, 1.54) is 0 Å². The van der Waals surface area contributed by atoms with Gasteiger partial charge in [0, 0.05) is 10.7 Å². The van der Waals surface area contributed by atoms with Crippen molar-refractivity contribution in [3.05, 3.63) is 28.5 Å². The summed E-state index contributed by atoms with van der Waals surface area (Å²) in [7, 11) is 0.